The molecular formula is C25H32N8O5S. The van der Waals surface area contributed by atoms with Gasteiger partial charge in [-0.1, -0.05) is 5.16 Å². The maximum absolute atomic E-state index is 11.0. The molecule has 0 bridgehead atoms. The number of anilines is 1. The van der Waals surface area contributed by atoms with Gasteiger partial charge in [0, 0.05) is 24.9 Å². The summed E-state index contributed by atoms with van der Waals surface area (Å²) in [4.78, 5) is 17.9. The van der Waals surface area contributed by atoms with Gasteiger partial charge in [-0.15, -0.1) is 0 Å². The van der Waals surface area contributed by atoms with E-state index >= 15 is 0 Å². The predicted molar refractivity (Wildman–Crippen MR) is 143 cm³/mol. The molecule has 0 amide bonds. The van der Waals surface area contributed by atoms with Gasteiger partial charge in [0.1, 0.15) is 23.5 Å². The third-order valence-corrected chi connectivity index (χ3v) is 6.81. The van der Waals surface area contributed by atoms with E-state index in [2.05, 4.69) is 25.1 Å². The Morgan fingerprint density at radius 1 is 1.08 bits per heavy atom. The van der Waals surface area contributed by atoms with Crippen LogP contribution in [0.5, 0.6) is 0 Å². The van der Waals surface area contributed by atoms with Gasteiger partial charge in [-0.25, -0.2) is 24.6 Å². The van der Waals surface area contributed by atoms with E-state index in [1.54, 1.807) is 12.4 Å². The molecule has 4 aromatic rings. The lowest BCUT2D eigenvalue weighted by Gasteiger charge is -2.19. The van der Waals surface area contributed by atoms with Gasteiger partial charge < -0.3 is 15.0 Å². The van der Waals surface area contributed by atoms with E-state index < -0.39 is 10.1 Å². The van der Waals surface area contributed by atoms with Crippen LogP contribution < -0.4 is 5.73 Å². The van der Waals surface area contributed by atoms with Gasteiger partial charge in [0.2, 0.25) is 0 Å². The van der Waals surface area contributed by atoms with E-state index in [1.165, 1.54) is 6.33 Å². The first-order valence-corrected chi connectivity index (χ1v) is 14.6. The topological polar surface area (TPSA) is 174 Å². The van der Waals surface area contributed by atoms with Crippen molar-refractivity contribution in [3.8, 4) is 22.8 Å². The molecule has 14 heteroatoms. The summed E-state index contributed by atoms with van der Waals surface area (Å²) in [5, 5.41) is 9.90. The monoisotopic (exact) mass is 556 g/mol. The molecule has 13 nitrogen and oxygen atoms in total. The molecule has 39 heavy (non-hydrogen) atoms. The first kappa shape index (κ1) is 27.1. The Morgan fingerprint density at radius 3 is 2.49 bits per heavy atom. The van der Waals surface area contributed by atoms with Crippen molar-refractivity contribution in [3.05, 3.63) is 30.0 Å². The summed E-state index contributed by atoms with van der Waals surface area (Å²) in [5.74, 6) is 1.80. The van der Waals surface area contributed by atoms with Gasteiger partial charge in [-0.3, -0.25) is 4.18 Å². The Bertz CT molecular complexity index is 1570. The minimum Gasteiger partial charge on any atom is -0.383 e. The molecule has 1 aliphatic rings. The zero-order valence-electron chi connectivity index (χ0n) is 22.4. The fraction of sp³-hybridized carbons (Fsp3) is 0.520. The van der Waals surface area contributed by atoms with Gasteiger partial charge >= 0.3 is 0 Å². The molecule has 4 aromatic heterocycles. The number of nitrogens with zero attached hydrogens (tertiary/aromatic N) is 7. The summed E-state index contributed by atoms with van der Waals surface area (Å²) < 4.78 is 39.9. The SMILES string of the molecule is CC(C)(C)n1nc(-c2noc(C3CC3)c2-c2ncc(CCOCCCOS(C)(=O)=O)cn2)c2c(N)ncnc21. The van der Waals surface area contributed by atoms with Crippen LogP contribution in [0, 0.1) is 0 Å². The molecule has 0 unspecified atom stereocenters. The second-order valence-electron chi connectivity index (χ2n) is 10.6. The average Bonchev–Trinajstić information content (AvgIpc) is 3.48. The second-order valence-corrected chi connectivity index (χ2v) is 12.2. The third kappa shape index (κ3) is 6.07. The van der Waals surface area contributed by atoms with E-state index in [0.717, 1.165) is 30.4 Å². The normalized spacial score (nSPS) is 14.4. The fourth-order valence-electron chi connectivity index (χ4n) is 4.19. The zero-order chi connectivity index (χ0) is 27.8. The Hall–Kier alpha value is -3.49. The van der Waals surface area contributed by atoms with Gasteiger partial charge in [0.25, 0.3) is 10.1 Å². The first-order valence-electron chi connectivity index (χ1n) is 12.8. The molecule has 4 heterocycles. The van der Waals surface area contributed by atoms with E-state index in [-0.39, 0.29) is 18.1 Å². The molecule has 0 aromatic carbocycles. The minimum atomic E-state index is -3.43. The molecule has 1 fully saturated rings. The van der Waals surface area contributed by atoms with Gasteiger partial charge in [-0.05, 0) is 52.0 Å². The number of hydrogen-bond acceptors (Lipinski definition) is 12. The number of rotatable bonds is 11. The molecule has 5 rings (SSSR count). The lowest BCUT2D eigenvalue weighted by Crippen LogP contribution is -2.23. The van der Waals surface area contributed by atoms with Crippen LogP contribution in [0.4, 0.5) is 5.82 Å². The Labute approximate surface area is 226 Å². The van der Waals surface area contributed by atoms with Crippen molar-refractivity contribution in [1.29, 1.82) is 0 Å². The van der Waals surface area contributed by atoms with Gasteiger partial charge in [0.15, 0.2) is 17.2 Å². The standard InChI is InChI=1S/C25H32N8O5S/c1-25(2,3)33-24-18(22(26)29-14-30-24)19(31-33)20-17(21(38-32-20)16-6-7-16)23-27-12-15(13-28-23)8-11-36-9-5-10-37-39(4,34)35/h12-14,16H,5-11H2,1-4H3,(H2,26,29,30). The van der Waals surface area contributed by atoms with Gasteiger partial charge in [-0.2, -0.15) is 13.5 Å². The Balaban J connectivity index is 1.38. The number of hydrogen-bond donors (Lipinski definition) is 1. The van der Waals surface area contributed by atoms with Crippen LogP contribution in [0.3, 0.4) is 0 Å². The van der Waals surface area contributed by atoms with Crippen LogP contribution in [0.2, 0.25) is 0 Å². The lowest BCUT2D eigenvalue weighted by molar-refractivity contribution is 0.123. The quantitative estimate of drug-likeness (QED) is 0.211. The highest BCUT2D eigenvalue weighted by molar-refractivity contribution is 7.85. The molecule has 1 saturated carbocycles. The molecule has 0 radical (unpaired) electrons. The summed E-state index contributed by atoms with van der Waals surface area (Å²) in [7, 11) is -3.43. The van der Waals surface area contributed by atoms with Crippen LogP contribution in [0.1, 0.15) is 57.3 Å². The van der Waals surface area contributed by atoms with E-state index in [0.29, 0.717) is 65.7 Å². The van der Waals surface area contributed by atoms with Crippen molar-refractivity contribution in [2.45, 2.75) is 57.9 Å². The van der Waals surface area contributed by atoms with Crippen molar-refractivity contribution < 1.29 is 21.9 Å². The van der Waals surface area contributed by atoms with Crippen LogP contribution in [0.15, 0.2) is 23.2 Å². The first-order chi connectivity index (χ1) is 18.5. The number of nitrogens with two attached hydrogens (primary N) is 1. The van der Waals surface area contributed by atoms with E-state index in [4.69, 9.17) is 24.3 Å². The molecule has 208 valence electrons. The van der Waals surface area contributed by atoms with Crippen molar-refractivity contribution in [2.24, 2.45) is 0 Å². The summed E-state index contributed by atoms with van der Waals surface area (Å²) in [6.07, 6.45) is 9.08. The Kier molecular flexibility index (Phi) is 7.35. The molecule has 1 aliphatic carbocycles. The summed E-state index contributed by atoms with van der Waals surface area (Å²) in [6.45, 7) is 7.05. The maximum atomic E-state index is 11.0. The predicted octanol–water partition coefficient (Wildman–Crippen LogP) is 3.08. The lowest BCUT2D eigenvalue weighted by atomic mass is 10.1. The largest absolute Gasteiger partial charge is 0.383 e. The number of fused-ring (bicyclic) bond motifs is 1. The summed E-state index contributed by atoms with van der Waals surface area (Å²) in [5.41, 5.74) is 9.21. The highest BCUT2D eigenvalue weighted by Gasteiger charge is 2.36. The minimum absolute atomic E-state index is 0.0993. The van der Waals surface area contributed by atoms with Crippen molar-refractivity contribution in [3.63, 3.8) is 0 Å². The van der Waals surface area contributed by atoms with E-state index in [9.17, 15) is 8.42 Å². The Morgan fingerprint density at radius 2 is 1.82 bits per heavy atom. The highest BCUT2D eigenvalue weighted by atomic mass is 32.2. The van der Waals surface area contributed by atoms with Gasteiger partial charge in [0.05, 0.1) is 36.0 Å². The van der Waals surface area contributed by atoms with E-state index in [1.807, 2.05) is 25.5 Å². The number of aromatic nitrogens is 7. The van der Waals surface area contributed by atoms with Crippen LogP contribution in [0.25, 0.3) is 33.8 Å². The smallest absolute Gasteiger partial charge is 0.264 e. The molecule has 0 spiro atoms. The number of nitrogen functional groups attached to an aromatic ring is 1. The van der Waals surface area contributed by atoms with Crippen LogP contribution >= 0.6 is 0 Å². The molecule has 0 atom stereocenters. The third-order valence-electron chi connectivity index (χ3n) is 6.21. The summed E-state index contributed by atoms with van der Waals surface area (Å²) >= 11 is 0. The molecular weight excluding hydrogens is 524 g/mol. The molecule has 0 saturated heterocycles. The average molecular weight is 557 g/mol. The molecule has 0 aliphatic heterocycles. The maximum Gasteiger partial charge on any atom is 0.264 e. The number of ether oxygens (including phenoxy) is 1. The highest BCUT2D eigenvalue weighted by Crippen LogP contribution is 2.47. The zero-order valence-corrected chi connectivity index (χ0v) is 23.2. The van der Waals surface area contributed by atoms with Crippen molar-refractivity contribution >= 4 is 27.0 Å². The van der Waals surface area contributed by atoms with Crippen LogP contribution in [-0.2, 0) is 31.0 Å². The summed E-state index contributed by atoms with van der Waals surface area (Å²) in [6, 6.07) is 0. The van der Waals surface area contributed by atoms with Crippen LogP contribution in [-0.4, -0.2) is 69.4 Å². The van der Waals surface area contributed by atoms with Crippen molar-refractivity contribution in [1.82, 2.24) is 34.9 Å². The fourth-order valence-corrected chi connectivity index (χ4v) is 4.61. The second kappa shape index (κ2) is 10.6. The van der Waals surface area contributed by atoms with Crippen molar-refractivity contribution in [2.75, 3.05) is 31.8 Å². The molecule has 2 N–H and O–H groups in total.